The van der Waals surface area contributed by atoms with E-state index in [0.29, 0.717) is 19.6 Å². The van der Waals surface area contributed by atoms with Crippen LogP contribution in [-0.4, -0.2) is 66.7 Å². The molecule has 0 aromatic heterocycles. The minimum absolute atomic E-state index is 0.0178. The van der Waals surface area contributed by atoms with E-state index in [1.165, 1.54) is 25.7 Å². The second-order valence-electron chi connectivity index (χ2n) is 7.86. The Morgan fingerprint density at radius 1 is 1.07 bits per heavy atom. The first-order valence-electron chi connectivity index (χ1n) is 11.2. The number of unbranched alkanes of at least 4 members (excludes halogenated alkanes) is 7. The molecule has 7 heteroatoms. The lowest BCUT2D eigenvalue weighted by Crippen LogP contribution is -2.54. The van der Waals surface area contributed by atoms with Gasteiger partial charge in [0.25, 0.3) is 0 Å². The molecule has 2 N–H and O–H groups in total. The standard InChI is InChI=1S/C22H38O7/c1-2-3-4-5-6-7-8-9-10-11-12-13-19(25)29-20-18(24)16-26-21(20)22(17-23)27-14-15-28-22/h5-6,18,20-21,23-24H,2-4,7-17H2,1H3/b6-5-/t18-,20+,21-/m0/s1. The lowest BCUT2D eigenvalue weighted by Gasteiger charge is -2.33. The van der Waals surface area contributed by atoms with Crippen molar-refractivity contribution in [3.8, 4) is 0 Å². The monoisotopic (exact) mass is 414 g/mol. The van der Waals surface area contributed by atoms with Crippen LogP contribution in [0.25, 0.3) is 0 Å². The first kappa shape index (κ1) is 24.3. The predicted octanol–water partition coefficient (Wildman–Crippen LogP) is 2.87. The van der Waals surface area contributed by atoms with E-state index in [-0.39, 0.29) is 12.6 Å². The van der Waals surface area contributed by atoms with Gasteiger partial charge in [-0.25, -0.2) is 0 Å². The summed E-state index contributed by atoms with van der Waals surface area (Å²) in [6, 6.07) is 0. The molecular formula is C22H38O7. The molecule has 2 aliphatic heterocycles. The average molecular weight is 415 g/mol. The van der Waals surface area contributed by atoms with Crippen LogP contribution >= 0.6 is 0 Å². The van der Waals surface area contributed by atoms with E-state index in [4.69, 9.17) is 18.9 Å². The molecule has 2 saturated heterocycles. The summed E-state index contributed by atoms with van der Waals surface area (Å²) in [5.41, 5.74) is 0. The van der Waals surface area contributed by atoms with Crippen LogP contribution in [0.5, 0.6) is 0 Å². The summed E-state index contributed by atoms with van der Waals surface area (Å²) in [5.74, 6) is -1.73. The molecule has 0 radical (unpaired) electrons. The van der Waals surface area contributed by atoms with Crippen molar-refractivity contribution in [3.63, 3.8) is 0 Å². The van der Waals surface area contributed by atoms with Crippen LogP contribution in [0, 0.1) is 0 Å². The summed E-state index contributed by atoms with van der Waals surface area (Å²) in [6.45, 7) is 2.45. The molecular weight excluding hydrogens is 376 g/mol. The van der Waals surface area contributed by atoms with Crippen LogP contribution in [0.15, 0.2) is 12.2 Å². The van der Waals surface area contributed by atoms with Gasteiger partial charge in [0.1, 0.15) is 12.7 Å². The van der Waals surface area contributed by atoms with Crippen molar-refractivity contribution in [2.24, 2.45) is 0 Å². The molecule has 2 fully saturated rings. The van der Waals surface area contributed by atoms with Gasteiger partial charge in [-0.2, -0.15) is 0 Å². The van der Waals surface area contributed by atoms with Crippen molar-refractivity contribution in [1.82, 2.24) is 0 Å². The number of carbonyl (C=O) groups is 1. The van der Waals surface area contributed by atoms with Crippen molar-refractivity contribution >= 4 is 5.97 Å². The molecule has 3 atom stereocenters. The SMILES string of the molecule is CCCC/C=C\CCCCCCCC(=O)O[C@@H]1[C@@H](O)CO[C@@H]1C1(CO)OCCO1. The minimum Gasteiger partial charge on any atom is -0.456 e. The van der Waals surface area contributed by atoms with Gasteiger partial charge in [-0.3, -0.25) is 4.79 Å². The number of carbonyl (C=O) groups excluding carboxylic acids is 1. The maximum absolute atomic E-state index is 12.2. The van der Waals surface area contributed by atoms with Crippen LogP contribution in [0.2, 0.25) is 0 Å². The van der Waals surface area contributed by atoms with Gasteiger partial charge in [-0.05, 0) is 25.7 Å². The summed E-state index contributed by atoms with van der Waals surface area (Å²) in [4.78, 5) is 12.2. The third kappa shape index (κ3) is 7.64. The molecule has 0 spiro atoms. The molecule has 168 valence electrons. The number of hydrogen-bond donors (Lipinski definition) is 2. The Morgan fingerprint density at radius 2 is 1.72 bits per heavy atom. The number of hydrogen-bond acceptors (Lipinski definition) is 7. The molecule has 0 aromatic carbocycles. The van der Waals surface area contributed by atoms with Crippen LogP contribution in [0.3, 0.4) is 0 Å². The number of ether oxygens (including phenoxy) is 4. The second kappa shape index (κ2) is 13.3. The van der Waals surface area contributed by atoms with Crippen molar-refractivity contribution in [3.05, 3.63) is 12.2 Å². The number of aliphatic hydroxyl groups is 2. The summed E-state index contributed by atoms with van der Waals surface area (Å²) in [6.07, 6.45) is 12.2. The van der Waals surface area contributed by atoms with E-state index in [9.17, 15) is 15.0 Å². The molecule has 0 amide bonds. The zero-order valence-corrected chi connectivity index (χ0v) is 17.7. The molecule has 2 rings (SSSR count). The third-order valence-corrected chi connectivity index (χ3v) is 5.46. The van der Waals surface area contributed by atoms with Gasteiger partial charge < -0.3 is 29.2 Å². The Kier molecular flexibility index (Phi) is 11.2. The van der Waals surface area contributed by atoms with Crippen LogP contribution in [0.4, 0.5) is 0 Å². The van der Waals surface area contributed by atoms with Gasteiger partial charge in [-0.1, -0.05) is 51.2 Å². The van der Waals surface area contributed by atoms with E-state index in [1.807, 2.05) is 0 Å². The lowest BCUT2D eigenvalue weighted by atomic mass is 10.0. The summed E-state index contributed by atoms with van der Waals surface area (Å²) in [5, 5.41) is 19.8. The quantitative estimate of drug-likeness (QED) is 0.256. The van der Waals surface area contributed by atoms with Gasteiger partial charge in [0.2, 0.25) is 5.79 Å². The van der Waals surface area contributed by atoms with E-state index >= 15 is 0 Å². The topological polar surface area (TPSA) is 94.5 Å². The second-order valence-corrected chi connectivity index (χ2v) is 7.86. The van der Waals surface area contributed by atoms with E-state index in [2.05, 4.69) is 19.1 Å². The van der Waals surface area contributed by atoms with Gasteiger partial charge >= 0.3 is 5.97 Å². The summed E-state index contributed by atoms with van der Waals surface area (Å²) in [7, 11) is 0. The van der Waals surface area contributed by atoms with Gasteiger partial charge in [0, 0.05) is 6.42 Å². The molecule has 2 heterocycles. The Labute approximate surface area is 174 Å². The highest BCUT2D eigenvalue weighted by molar-refractivity contribution is 5.69. The van der Waals surface area contributed by atoms with Crippen molar-refractivity contribution in [1.29, 1.82) is 0 Å². The zero-order chi connectivity index (χ0) is 21.0. The Morgan fingerprint density at radius 3 is 2.41 bits per heavy atom. The first-order valence-corrected chi connectivity index (χ1v) is 11.2. The fraction of sp³-hybridized carbons (Fsp3) is 0.864. The van der Waals surface area contributed by atoms with E-state index in [1.54, 1.807) is 0 Å². The van der Waals surface area contributed by atoms with Crippen molar-refractivity contribution in [2.75, 3.05) is 26.4 Å². The number of aliphatic hydroxyl groups excluding tert-OH is 2. The van der Waals surface area contributed by atoms with E-state index in [0.717, 1.165) is 32.1 Å². The normalized spacial score (nSPS) is 26.4. The van der Waals surface area contributed by atoms with Crippen LogP contribution in [0.1, 0.15) is 71.1 Å². The number of allylic oxidation sites excluding steroid dienone is 2. The number of rotatable bonds is 14. The summed E-state index contributed by atoms with van der Waals surface area (Å²) >= 11 is 0. The zero-order valence-electron chi connectivity index (χ0n) is 17.7. The van der Waals surface area contributed by atoms with Gasteiger partial charge in [-0.15, -0.1) is 0 Å². The van der Waals surface area contributed by atoms with Gasteiger partial charge in [0.15, 0.2) is 12.2 Å². The molecule has 0 saturated carbocycles. The predicted molar refractivity (Wildman–Crippen MR) is 108 cm³/mol. The molecule has 7 nitrogen and oxygen atoms in total. The van der Waals surface area contributed by atoms with Crippen LogP contribution < -0.4 is 0 Å². The Balaban J connectivity index is 1.60. The smallest absolute Gasteiger partial charge is 0.306 e. The average Bonchev–Trinajstić information content (AvgIpc) is 3.34. The molecule has 0 bridgehead atoms. The fourth-order valence-electron chi connectivity index (χ4n) is 3.76. The Bertz CT molecular complexity index is 488. The van der Waals surface area contributed by atoms with Gasteiger partial charge in [0.05, 0.1) is 19.8 Å². The first-order chi connectivity index (χ1) is 14.1. The maximum Gasteiger partial charge on any atom is 0.306 e. The molecule has 0 aliphatic carbocycles. The number of esters is 1. The highest BCUT2D eigenvalue weighted by Gasteiger charge is 2.55. The van der Waals surface area contributed by atoms with E-state index < -0.39 is 30.7 Å². The summed E-state index contributed by atoms with van der Waals surface area (Å²) < 4.78 is 22.0. The van der Waals surface area contributed by atoms with Crippen LogP contribution in [-0.2, 0) is 23.7 Å². The lowest BCUT2D eigenvalue weighted by molar-refractivity contribution is -0.257. The largest absolute Gasteiger partial charge is 0.456 e. The molecule has 0 aromatic rings. The molecule has 29 heavy (non-hydrogen) atoms. The highest BCUT2D eigenvalue weighted by Crippen LogP contribution is 2.33. The van der Waals surface area contributed by atoms with Crippen molar-refractivity contribution in [2.45, 2.75) is 95.2 Å². The highest BCUT2D eigenvalue weighted by atomic mass is 16.8. The fourth-order valence-corrected chi connectivity index (χ4v) is 3.76. The Hall–Kier alpha value is -0.990. The third-order valence-electron chi connectivity index (χ3n) is 5.46. The molecule has 2 aliphatic rings. The molecule has 0 unspecified atom stereocenters. The maximum atomic E-state index is 12.2. The minimum atomic E-state index is -1.37. The van der Waals surface area contributed by atoms with Crippen molar-refractivity contribution < 1.29 is 34.0 Å².